The van der Waals surface area contributed by atoms with E-state index in [0.717, 1.165) is 12.4 Å². The Balaban J connectivity index is 2.61. The third-order valence-corrected chi connectivity index (χ3v) is 2.62. The highest BCUT2D eigenvalue weighted by molar-refractivity contribution is 5.36. The molecule has 1 nitrogen and oxygen atoms in total. The minimum absolute atomic E-state index is 0.749. The van der Waals surface area contributed by atoms with Gasteiger partial charge in [-0.2, -0.15) is 0 Å². The Morgan fingerprint density at radius 3 is 2.60 bits per heavy atom. The third kappa shape index (κ3) is 3.94. The zero-order valence-corrected chi connectivity index (χ0v) is 10.2. The second-order valence-corrected chi connectivity index (χ2v) is 3.99. The molecule has 0 N–H and O–H groups in total. The fourth-order valence-electron chi connectivity index (χ4n) is 1.69. The maximum Gasteiger partial charge on any atom is 0.122 e. The third-order valence-electron chi connectivity index (χ3n) is 2.62. The highest BCUT2D eigenvalue weighted by atomic mass is 16.5. The summed E-state index contributed by atoms with van der Waals surface area (Å²) in [5.41, 5.74) is 2.63. The summed E-state index contributed by atoms with van der Waals surface area (Å²) in [6, 6.07) is 6.56. The van der Waals surface area contributed by atoms with Crippen molar-refractivity contribution in [2.45, 2.75) is 46.5 Å². The molecule has 84 valence electrons. The van der Waals surface area contributed by atoms with E-state index >= 15 is 0 Å². The van der Waals surface area contributed by atoms with Crippen molar-refractivity contribution >= 4 is 0 Å². The highest BCUT2D eigenvalue weighted by Crippen LogP contribution is 2.20. The van der Waals surface area contributed by atoms with E-state index in [4.69, 9.17) is 4.74 Å². The van der Waals surface area contributed by atoms with Gasteiger partial charge in [0.15, 0.2) is 0 Å². The number of hydrogen-bond acceptors (Lipinski definition) is 1. The monoisotopic (exact) mass is 206 g/mol. The Morgan fingerprint density at radius 2 is 1.93 bits per heavy atom. The molecule has 0 radical (unpaired) electrons. The molecular formula is C14H22O. The Bertz CT molecular complexity index is 291. The van der Waals surface area contributed by atoms with Gasteiger partial charge in [0.2, 0.25) is 0 Å². The number of ether oxygens (including phenoxy) is 1. The predicted molar refractivity (Wildman–Crippen MR) is 65.6 cm³/mol. The van der Waals surface area contributed by atoms with Gasteiger partial charge in [0, 0.05) is 0 Å². The summed E-state index contributed by atoms with van der Waals surface area (Å²) in [6.45, 7) is 7.12. The van der Waals surface area contributed by atoms with Crippen LogP contribution >= 0.6 is 0 Å². The van der Waals surface area contributed by atoms with E-state index in [9.17, 15) is 0 Å². The molecule has 0 aliphatic rings. The van der Waals surface area contributed by atoms with Gasteiger partial charge in [0.05, 0.1) is 6.61 Å². The summed E-state index contributed by atoms with van der Waals surface area (Å²) in [5.74, 6) is 1.05. The quantitative estimate of drug-likeness (QED) is 0.636. The van der Waals surface area contributed by atoms with Gasteiger partial charge in [-0.15, -0.1) is 0 Å². The first-order valence-corrected chi connectivity index (χ1v) is 6.00. The van der Waals surface area contributed by atoms with Gasteiger partial charge in [0.25, 0.3) is 0 Å². The molecule has 0 amide bonds. The van der Waals surface area contributed by atoms with E-state index in [0.29, 0.717) is 0 Å². The molecule has 0 fully saturated rings. The van der Waals surface area contributed by atoms with E-state index in [-0.39, 0.29) is 0 Å². The van der Waals surface area contributed by atoms with Gasteiger partial charge in [-0.25, -0.2) is 0 Å². The standard InChI is InChI=1S/C14H22O/c1-4-6-7-8-13-10-9-12(3)14(11-13)15-5-2/h9-11H,4-8H2,1-3H3. The predicted octanol–water partition coefficient (Wildman–Crippen LogP) is 4.13. The summed E-state index contributed by atoms with van der Waals surface area (Å²) in [7, 11) is 0. The minimum atomic E-state index is 0.749. The highest BCUT2D eigenvalue weighted by Gasteiger charge is 2.00. The van der Waals surface area contributed by atoms with Gasteiger partial charge in [-0.05, 0) is 43.9 Å². The smallest absolute Gasteiger partial charge is 0.122 e. The lowest BCUT2D eigenvalue weighted by molar-refractivity contribution is 0.337. The fourth-order valence-corrected chi connectivity index (χ4v) is 1.69. The van der Waals surface area contributed by atoms with Crippen LogP contribution in [0.4, 0.5) is 0 Å². The largest absolute Gasteiger partial charge is 0.494 e. The van der Waals surface area contributed by atoms with Crippen LogP contribution in [0.1, 0.15) is 44.2 Å². The number of benzene rings is 1. The number of aryl methyl sites for hydroxylation is 2. The molecule has 0 aliphatic carbocycles. The SMILES string of the molecule is CCCCCc1ccc(C)c(OCC)c1. The van der Waals surface area contributed by atoms with Gasteiger partial charge >= 0.3 is 0 Å². The second kappa shape index (κ2) is 6.49. The van der Waals surface area contributed by atoms with E-state index in [1.54, 1.807) is 0 Å². The van der Waals surface area contributed by atoms with Crippen LogP contribution in [0.25, 0.3) is 0 Å². The van der Waals surface area contributed by atoms with Crippen molar-refractivity contribution < 1.29 is 4.74 Å². The van der Waals surface area contributed by atoms with Gasteiger partial charge in [0.1, 0.15) is 5.75 Å². The van der Waals surface area contributed by atoms with E-state index < -0.39 is 0 Å². The molecule has 0 aliphatic heterocycles. The van der Waals surface area contributed by atoms with Crippen LogP contribution in [0, 0.1) is 6.92 Å². The van der Waals surface area contributed by atoms with Crippen LogP contribution in [0.2, 0.25) is 0 Å². The van der Waals surface area contributed by atoms with Crippen molar-refractivity contribution in [3.63, 3.8) is 0 Å². The van der Waals surface area contributed by atoms with E-state index in [1.807, 2.05) is 6.92 Å². The molecular weight excluding hydrogens is 184 g/mol. The summed E-state index contributed by atoms with van der Waals surface area (Å²) >= 11 is 0. The number of unbranched alkanes of at least 4 members (excludes halogenated alkanes) is 2. The first kappa shape index (κ1) is 12.1. The summed E-state index contributed by atoms with van der Waals surface area (Å²) in [6.07, 6.45) is 5.06. The minimum Gasteiger partial charge on any atom is -0.494 e. The van der Waals surface area contributed by atoms with Crippen molar-refractivity contribution in [2.24, 2.45) is 0 Å². The van der Waals surface area contributed by atoms with Gasteiger partial charge in [-0.1, -0.05) is 31.9 Å². The fraction of sp³-hybridized carbons (Fsp3) is 0.571. The molecule has 1 aromatic carbocycles. The van der Waals surface area contributed by atoms with Crippen LogP contribution in [0.15, 0.2) is 18.2 Å². The molecule has 0 heterocycles. The molecule has 0 bridgehead atoms. The zero-order valence-electron chi connectivity index (χ0n) is 10.2. The zero-order chi connectivity index (χ0) is 11.1. The lowest BCUT2D eigenvalue weighted by Crippen LogP contribution is -1.95. The Labute approximate surface area is 93.5 Å². The van der Waals surface area contributed by atoms with Crippen molar-refractivity contribution in [1.29, 1.82) is 0 Å². The second-order valence-electron chi connectivity index (χ2n) is 3.99. The first-order valence-electron chi connectivity index (χ1n) is 6.00. The van der Waals surface area contributed by atoms with Crippen LogP contribution in [0.3, 0.4) is 0 Å². The Kier molecular flexibility index (Phi) is 5.23. The topological polar surface area (TPSA) is 9.23 Å². The molecule has 0 unspecified atom stereocenters. The lowest BCUT2D eigenvalue weighted by Gasteiger charge is -2.09. The maximum absolute atomic E-state index is 5.58. The molecule has 1 rings (SSSR count). The Hall–Kier alpha value is -0.980. The van der Waals surface area contributed by atoms with Crippen molar-refractivity contribution in [1.82, 2.24) is 0 Å². The van der Waals surface area contributed by atoms with E-state index in [2.05, 4.69) is 32.0 Å². The summed E-state index contributed by atoms with van der Waals surface area (Å²) < 4.78 is 5.58. The summed E-state index contributed by atoms with van der Waals surface area (Å²) in [5, 5.41) is 0. The molecule has 15 heavy (non-hydrogen) atoms. The summed E-state index contributed by atoms with van der Waals surface area (Å²) in [4.78, 5) is 0. The van der Waals surface area contributed by atoms with Crippen LogP contribution in [-0.2, 0) is 6.42 Å². The van der Waals surface area contributed by atoms with Gasteiger partial charge < -0.3 is 4.74 Å². The maximum atomic E-state index is 5.58. The average molecular weight is 206 g/mol. The first-order chi connectivity index (χ1) is 7.27. The van der Waals surface area contributed by atoms with E-state index in [1.165, 1.54) is 36.8 Å². The molecule has 0 saturated carbocycles. The molecule has 1 aromatic rings. The van der Waals surface area contributed by atoms with Crippen LogP contribution in [-0.4, -0.2) is 6.61 Å². The molecule has 0 saturated heterocycles. The van der Waals surface area contributed by atoms with Crippen molar-refractivity contribution in [2.75, 3.05) is 6.61 Å². The number of hydrogen-bond donors (Lipinski definition) is 0. The van der Waals surface area contributed by atoms with Crippen molar-refractivity contribution in [3.8, 4) is 5.75 Å². The molecule has 0 atom stereocenters. The average Bonchev–Trinajstić information content (AvgIpc) is 2.23. The Morgan fingerprint density at radius 1 is 1.13 bits per heavy atom. The van der Waals surface area contributed by atoms with Crippen LogP contribution in [0.5, 0.6) is 5.75 Å². The van der Waals surface area contributed by atoms with Gasteiger partial charge in [-0.3, -0.25) is 0 Å². The number of rotatable bonds is 6. The molecule has 1 heteroatoms. The lowest BCUT2D eigenvalue weighted by atomic mass is 10.1. The molecule has 0 aromatic heterocycles. The van der Waals surface area contributed by atoms with Crippen molar-refractivity contribution in [3.05, 3.63) is 29.3 Å². The molecule has 0 spiro atoms. The van der Waals surface area contributed by atoms with Crippen LogP contribution < -0.4 is 4.74 Å². The normalized spacial score (nSPS) is 10.3.